The lowest BCUT2D eigenvalue weighted by molar-refractivity contribution is 0.104. The maximum atomic E-state index is 12.9. The fourth-order valence-electron chi connectivity index (χ4n) is 1.99. The van der Waals surface area contributed by atoms with E-state index in [-0.39, 0.29) is 11.6 Å². The number of aryl methyl sites for hydroxylation is 1. The van der Waals surface area contributed by atoms with Crippen LogP contribution in [0.4, 0.5) is 10.1 Å². The van der Waals surface area contributed by atoms with Crippen LogP contribution in [0.5, 0.6) is 0 Å². The number of ketones is 1. The number of carbonyl (C=O) groups excluding carboxylic acids is 1. The molecule has 0 spiro atoms. The summed E-state index contributed by atoms with van der Waals surface area (Å²) in [4.78, 5) is 18.0. The Balaban J connectivity index is 2.12. The van der Waals surface area contributed by atoms with E-state index in [0.29, 0.717) is 16.1 Å². The maximum absolute atomic E-state index is 12.9. The molecule has 100 valence electrons. The number of rotatable bonds is 2. The number of hydrogen-bond acceptors (Lipinski definition) is 4. The highest BCUT2D eigenvalue weighted by Crippen LogP contribution is 2.34. The zero-order chi connectivity index (χ0) is 14.3. The highest BCUT2D eigenvalue weighted by atomic mass is 32.1. The summed E-state index contributed by atoms with van der Waals surface area (Å²) in [6.07, 6.45) is 0. The number of halogens is 1. The van der Waals surface area contributed by atoms with E-state index in [1.165, 1.54) is 35.6 Å². The molecule has 2 N–H and O–H groups in total. The van der Waals surface area contributed by atoms with Crippen molar-refractivity contribution in [3.05, 3.63) is 58.3 Å². The summed E-state index contributed by atoms with van der Waals surface area (Å²) >= 11 is 1.27. The molecule has 0 amide bonds. The Morgan fingerprint density at radius 3 is 2.60 bits per heavy atom. The van der Waals surface area contributed by atoms with Gasteiger partial charge in [0.1, 0.15) is 15.5 Å². The van der Waals surface area contributed by atoms with Crippen molar-refractivity contribution in [2.24, 2.45) is 0 Å². The summed E-state index contributed by atoms with van der Waals surface area (Å²) in [5.74, 6) is -0.577. The zero-order valence-corrected chi connectivity index (χ0v) is 11.5. The number of aromatic nitrogens is 1. The summed E-state index contributed by atoms with van der Waals surface area (Å²) in [6.45, 7) is 1.89. The van der Waals surface area contributed by atoms with Gasteiger partial charge in [0.2, 0.25) is 5.78 Å². The molecule has 0 unspecified atom stereocenters. The lowest BCUT2D eigenvalue weighted by Gasteiger charge is -1.99. The van der Waals surface area contributed by atoms with Gasteiger partial charge in [-0.15, -0.1) is 11.3 Å². The molecule has 3 rings (SSSR count). The van der Waals surface area contributed by atoms with Gasteiger partial charge in [0.15, 0.2) is 0 Å². The molecule has 2 aromatic heterocycles. The van der Waals surface area contributed by atoms with E-state index < -0.39 is 0 Å². The Kier molecular flexibility index (Phi) is 2.99. The third kappa shape index (κ3) is 2.06. The van der Waals surface area contributed by atoms with Crippen molar-refractivity contribution in [3.8, 4) is 0 Å². The molecular weight excluding hydrogens is 275 g/mol. The topological polar surface area (TPSA) is 56.0 Å². The molecular formula is C15H11FN2OS. The van der Waals surface area contributed by atoms with Crippen LogP contribution in [0.25, 0.3) is 10.2 Å². The van der Waals surface area contributed by atoms with Crippen LogP contribution in [0, 0.1) is 12.7 Å². The molecule has 20 heavy (non-hydrogen) atoms. The number of pyridine rings is 1. The first-order chi connectivity index (χ1) is 9.56. The van der Waals surface area contributed by atoms with E-state index in [1.54, 1.807) is 0 Å². The molecule has 0 fully saturated rings. The van der Waals surface area contributed by atoms with Crippen molar-refractivity contribution in [2.75, 3.05) is 5.73 Å². The van der Waals surface area contributed by atoms with E-state index in [2.05, 4.69) is 4.98 Å². The Morgan fingerprint density at radius 2 is 1.90 bits per heavy atom. The average Bonchev–Trinajstić information content (AvgIpc) is 2.75. The van der Waals surface area contributed by atoms with Crippen molar-refractivity contribution >= 4 is 33.0 Å². The number of anilines is 1. The van der Waals surface area contributed by atoms with Crippen molar-refractivity contribution in [1.82, 2.24) is 4.98 Å². The van der Waals surface area contributed by atoms with Crippen molar-refractivity contribution in [2.45, 2.75) is 6.92 Å². The van der Waals surface area contributed by atoms with Crippen LogP contribution >= 0.6 is 11.3 Å². The van der Waals surface area contributed by atoms with E-state index >= 15 is 0 Å². The molecule has 0 aliphatic heterocycles. The van der Waals surface area contributed by atoms with Gasteiger partial charge in [-0.25, -0.2) is 9.37 Å². The number of benzene rings is 1. The van der Waals surface area contributed by atoms with Gasteiger partial charge < -0.3 is 5.73 Å². The fraction of sp³-hybridized carbons (Fsp3) is 0.0667. The Bertz CT molecular complexity index is 809. The Morgan fingerprint density at radius 1 is 1.20 bits per heavy atom. The van der Waals surface area contributed by atoms with Gasteiger partial charge in [-0.2, -0.15) is 0 Å². The third-order valence-corrected chi connectivity index (χ3v) is 4.16. The van der Waals surface area contributed by atoms with Crippen LogP contribution in [0.15, 0.2) is 36.4 Å². The van der Waals surface area contributed by atoms with E-state index in [1.807, 2.05) is 19.1 Å². The summed E-state index contributed by atoms with van der Waals surface area (Å²) < 4.78 is 12.9. The van der Waals surface area contributed by atoms with Crippen molar-refractivity contribution < 1.29 is 9.18 Å². The third-order valence-electron chi connectivity index (χ3n) is 3.05. The van der Waals surface area contributed by atoms with Gasteiger partial charge in [0.25, 0.3) is 0 Å². The second kappa shape index (κ2) is 4.68. The molecule has 0 saturated heterocycles. The average molecular weight is 286 g/mol. The molecule has 3 nitrogen and oxygen atoms in total. The minimum atomic E-state index is -0.372. The van der Waals surface area contributed by atoms with Crippen LogP contribution in [-0.4, -0.2) is 10.8 Å². The number of carbonyl (C=O) groups is 1. The van der Waals surface area contributed by atoms with Crippen LogP contribution < -0.4 is 5.73 Å². The number of nitrogen functional groups attached to an aromatic ring is 1. The van der Waals surface area contributed by atoms with Gasteiger partial charge in [-0.3, -0.25) is 4.79 Å². The van der Waals surface area contributed by atoms with Crippen LogP contribution in [-0.2, 0) is 0 Å². The minimum absolute atomic E-state index is 0.205. The van der Waals surface area contributed by atoms with Gasteiger partial charge in [0.05, 0.1) is 5.69 Å². The summed E-state index contributed by atoms with van der Waals surface area (Å²) in [5.41, 5.74) is 7.76. The van der Waals surface area contributed by atoms with E-state index in [0.717, 1.165) is 15.9 Å². The monoisotopic (exact) mass is 286 g/mol. The Hall–Kier alpha value is -2.27. The van der Waals surface area contributed by atoms with E-state index in [4.69, 9.17) is 5.73 Å². The highest BCUT2D eigenvalue weighted by molar-refractivity contribution is 7.21. The van der Waals surface area contributed by atoms with Gasteiger partial charge in [-0.1, -0.05) is 0 Å². The number of nitrogens with zero attached hydrogens (tertiary/aromatic N) is 1. The van der Waals surface area contributed by atoms with Gasteiger partial charge in [0, 0.05) is 16.6 Å². The molecule has 5 heteroatoms. The maximum Gasteiger partial charge on any atom is 0.205 e. The standard InChI is InChI=1S/C15H11FN2OS/c1-8-2-7-11-12(17)14(20-15(11)18-8)13(19)9-3-5-10(16)6-4-9/h2-7H,17H2,1H3. The van der Waals surface area contributed by atoms with Crippen molar-refractivity contribution in [3.63, 3.8) is 0 Å². The molecule has 1 aromatic carbocycles. The number of nitrogens with two attached hydrogens (primary N) is 1. The lowest BCUT2D eigenvalue weighted by Crippen LogP contribution is -2.01. The summed E-state index contributed by atoms with van der Waals surface area (Å²) in [7, 11) is 0. The molecule has 0 saturated carbocycles. The van der Waals surface area contributed by atoms with Gasteiger partial charge >= 0.3 is 0 Å². The van der Waals surface area contributed by atoms with Crippen LogP contribution in [0.3, 0.4) is 0 Å². The number of hydrogen-bond donors (Lipinski definition) is 1. The largest absolute Gasteiger partial charge is 0.397 e. The molecule has 0 radical (unpaired) electrons. The van der Waals surface area contributed by atoms with E-state index in [9.17, 15) is 9.18 Å². The SMILES string of the molecule is Cc1ccc2c(N)c(C(=O)c3ccc(F)cc3)sc2n1. The molecule has 3 aromatic rings. The number of thiophene rings is 1. The molecule has 0 bridgehead atoms. The predicted octanol–water partition coefficient (Wildman–Crippen LogP) is 3.56. The Labute approximate surface area is 118 Å². The lowest BCUT2D eigenvalue weighted by atomic mass is 10.1. The zero-order valence-electron chi connectivity index (χ0n) is 10.7. The highest BCUT2D eigenvalue weighted by Gasteiger charge is 2.18. The second-order valence-corrected chi connectivity index (χ2v) is 5.49. The quantitative estimate of drug-likeness (QED) is 0.733. The molecule has 0 aliphatic carbocycles. The van der Waals surface area contributed by atoms with Gasteiger partial charge in [-0.05, 0) is 43.3 Å². The normalized spacial score (nSPS) is 10.9. The molecule has 0 atom stereocenters. The van der Waals surface area contributed by atoms with Crippen LogP contribution in [0.2, 0.25) is 0 Å². The first-order valence-electron chi connectivity index (χ1n) is 6.02. The second-order valence-electron chi connectivity index (χ2n) is 4.49. The molecule has 0 aliphatic rings. The summed E-state index contributed by atoms with van der Waals surface area (Å²) in [6, 6.07) is 9.17. The van der Waals surface area contributed by atoms with Crippen LogP contribution in [0.1, 0.15) is 20.9 Å². The first-order valence-corrected chi connectivity index (χ1v) is 6.84. The first kappa shape index (κ1) is 12.7. The van der Waals surface area contributed by atoms with Crippen molar-refractivity contribution in [1.29, 1.82) is 0 Å². The smallest absolute Gasteiger partial charge is 0.205 e. The summed E-state index contributed by atoms with van der Waals surface area (Å²) in [5, 5.41) is 0.783. The predicted molar refractivity (Wildman–Crippen MR) is 78.6 cm³/mol. The number of fused-ring (bicyclic) bond motifs is 1. The fourth-order valence-corrected chi connectivity index (χ4v) is 3.09. The minimum Gasteiger partial charge on any atom is -0.397 e. The molecule has 2 heterocycles.